The Morgan fingerprint density at radius 1 is 0.841 bits per heavy atom. The number of nitrogens with one attached hydrogen (secondary N) is 3. The zero-order chi connectivity index (χ0) is 44.3. The number of aromatic nitrogens is 1. The van der Waals surface area contributed by atoms with Crippen LogP contribution >= 0.6 is 23.4 Å². The smallest absolute Gasteiger partial charge is 0.293 e. The third kappa shape index (κ3) is 11.8. The molecule has 1 saturated heterocycles. The van der Waals surface area contributed by atoms with Crippen LogP contribution in [0.1, 0.15) is 33.6 Å². The summed E-state index contributed by atoms with van der Waals surface area (Å²) in [5.41, 5.74) is 7.34. The first-order chi connectivity index (χ1) is 30.5. The third-order valence-electron chi connectivity index (χ3n) is 11.0. The molecule has 1 atom stereocenters. The fourth-order valence-electron chi connectivity index (χ4n) is 7.45. The minimum atomic E-state index is -1.75. The molecule has 7 rings (SSSR count). The average Bonchev–Trinajstić information content (AvgIpc) is 3.56. The molecule has 1 fully saturated rings. The Hall–Kier alpha value is -5.88. The van der Waals surface area contributed by atoms with Crippen molar-refractivity contribution in [3.63, 3.8) is 0 Å². The van der Waals surface area contributed by atoms with Gasteiger partial charge in [-0.1, -0.05) is 65.9 Å². The summed E-state index contributed by atoms with van der Waals surface area (Å²) in [7, 11) is 2.38. The van der Waals surface area contributed by atoms with Crippen LogP contribution in [0.4, 0.5) is 17.1 Å². The lowest BCUT2D eigenvalue weighted by molar-refractivity contribution is -0.384. The van der Waals surface area contributed by atoms with Crippen LogP contribution in [-0.4, -0.2) is 88.0 Å². The number of benzene rings is 5. The summed E-state index contributed by atoms with van der Waals surface area (Å²) in [6.07, 6.45) is 0.868. The number of hydrogen-bond acceptors (Lipinski definition) is 8. The van der Waals surface area contributed by atoms with E-state index >= 15 is 0 Å². The molecule has 6 aromatic rings. The van der Waals surface area contributed by atoms with Gasteiger partial charge < -0.3 is 29.7 Å². The molecule has 1 aromatic heterocycles. The predicted octanol–water partition coefficient (Wildman–Crippen LogP) is 9.34. The van der Waals surface area contributed by atoms with E-state index in [4.69, 9.17) is 11.6 Å². The molecular formula is C49H50ClN7O4S2. The van der Waals surface area contributed by atoms with Crippen LogP contribution in [0.3, 0.4) is 0 Å². The lowest BCUT2D eigenvalue weighted by atomic mass is 9.95. The molecule has 1 aliphatic rings. The van der Waals surface area contributed by atoms with Crippen molar-refractivity contribution in [2.45, 2.75) is 23.1 Å². The van der Waals surface area contributed by atoms with Crippen LogP contribution in [0, 0.1) is 28.9 Å². The summed E-state index contributed by atoms with van der Waals surface area (Å²) >= 11 is 7.95. The molecule has 1 amide bonds. The van der Waals surface area contributed by atoms with Crippen LogP contribution in [0.5, 0.6) is 0 Å². The van der Waals surface area contributed by atoms with E-state index < -0.39 is 15.9 Å². The summed E-state index contributed by atoms with van der Waals surface area (Å²) in [5, 5.41) is 18.9. The van der Waals surface area contributed by atoms with E-state index in [2.05, 4.69) is 48.6 Å². The number of halogens is 1. The minimum Gasteiger partial charge on any atom is -0.379 e. The van der Waals surface area contributed by atoms with E-state index in [1.54, 1.807) is 36.0 Å². The van der Waals surface area contributed by atoms with Gasteiger partial charge in [-0.2, -0.15) is 0 Å². The first kappa shape index (κ1) is 45.2. The molecule has 0 saturated carbocycles. The molecule has 11 nitrogen and oxygen atoms in total. The highest BCUT2D eigenvalue weighted by Gasteiger charge is 2.26. The van der Waals surface area contributed by atoms with Crippen LogP contribution in [0.25, 0.3) is 22.4 Å². The van der Waals surface area contributed by atoms with Gasteiger partial charge in [-0.05, 0) is 111 Å². The highest BCUT2D eigenvalue weighted by molar-refractivity contribution is 7.99. The van der Waals surface area contributed by atoms with Gasteiger partial charge >= 0.3 is 0 Å². The van der Waals surface area contributed by atoms with Crippen molar-refractivity contribution in [2.24, 2.45) is 7.05 Å². The number of anilines is 2. The van der Waals surface area contributed by atoms with Gasteiger partial charge in [-0.3, -0.25) is 14.9 Å². The number of nitro groups is 1. The van der Waals surface area contributed by atoms with E-state index in [1.165, 1.54) is 6.07 Å². The highest BCUT2D eigenvalue weighted by atomic mass is 35.5. The van der Waals surface area contributed by atoms with E-state index in [0.717, 1.165) is 89.0 Å². The zero-order valence-corrected chi connectivity index (χ0v) is 37.9. The summed E-state index contributed by atoms with van der Waals surface area (Å²) in [6.45, 7) is 8.23. The molecule has 1 unspecified atom stereocenters. The van der Waals surface area contributed by atoms with E-state index in [1.807, 2.05) is 105 Å². The largest absolute Gasteiger partial charge is 0.379 e. The number of likely N-dealkylation sites (N-methyl/N-ethyl adjacent to an activating group) is 1. The number of thioether (sulfide) groups is 1. The van der Waals surface area contributed by atoms with Gasteiger partial charge in [0.2, 0.25) is 0 Å². The maximum atomic E-state index is 14.1. The maximum absolute atomic E-state index is 14.1. The Labute approximate surface area is 381 Å². The van der Waals surface area contributed by atoms with Gasteiger partial charge in [-0.25, -0.2) is 4.21 Å². The molecule has 0 spiro atoms. The molecule has 63 heavy (non-hydrogen) atoms. The van der Waals surface area contributed by atoms with Gasteiger partial charge in [0.05, 0.1) is 21.1 Å². The van der Waals surface area contributed by atoms with Gasteiger partial charge in [0.15, 0.2) is 11.0 Å². The second kappa shape index (κ2) is 21.5. The van der Waals surface area contributed by atoms with Crippen molar-refractivity contribution >= 4 is 57.3 Å². The lowest BCUT2D eigenvalue weighted by Gasteiger charge is -2.32. The van der Waals surface area contributed by atoms with E-state index in [9.17, 15) is 19.1 Å². The summed E-state index contributed by atoms with van der Waals surface area (Å²) in [4.78, 5) is 31.7. The van der Waals surface area contributed by atoms with Crippen molar-refractivity contribution < 1.29 is 13.9 Å². The molecule has 0 radical (unpaired) electrons. The number of hydrogen-bond donors (Lipinski definition) is 3. The van der Waals surface area contributed by atoms with Gasteiger partial charge in [0, 0.05) is 96.1 Å². The zero-order valence-electron chi connectivity index (χ0n) is 35.5. The molecule has 3 N–H and O–H groups in total. The van der Waals surface area contributed by atoms with Gasteiger partial charge in [-0.15, -0.1) is 11.8 Å². The Kier molecular flexibility index (Phi) is 15.4. The lowest BCUT2D eigenvalue weighted by Crippen LogP contribution is -2.45. The summed E-state index contributed by atoms with van der Waals surface area (Å²) in [6, 6.07) is 37.3. The fraction of sp³-hybridized carbons (Fsp3) is 0.245. The molecule has 2 heterocycles. The molecule has 0 aliphatic carbocycles. The normalized spacial score (nSPS) is 13.5. The first-order valence-corrected chi connectivity index (χ1v) is 23.3. The van der Waals surface area contributed by atoms with Crippen LogP contribution < -0.4 is 15.4 Å². The second-order valence-corrected chi connectivity index (χ2v) is 18.1. The quantitative estimate of drug-likeness (QED) is 0.0289. The monoisotopic (exact) mass is 899 g/mol. The van der Waals surface area contributed by atoms with Crippen molar-refractivity contribution in [2.75, 3.05) is 68.7 Å². The topological polar surface area (TPSA) is 125 Å². The Morgan fingerprint density at radius 3 is 2.30 bits per heavy atom. The number of nitro benzene ring substituents is 1. The third-order valence-corrected chi connectivity index (χ3v) is 13.3. The number of rotatable bonds is 16. The Morgan fingerprint density at radius 2 is 1.57 bits per heavy atom. The molecular weight excluding hydrogens is 850 g/mol. The van der Waals surface area contributed by atoms with E-state index in [0.29, 0.717) is 35.1 Å². The maximum Gasteiger partial charge on any atom is 0.293 e. The highest BCUT2D eigenvalue weighted by Crippen LogP contribution is 2.39. The summed E-state index contributed by atoms with van der Waals surface area (Å²) < 4.78 is 18.3. The molecule has 14 heteroatoms. The molecule has 5 aromatic carbocycles. The van der Waals surface area contributed by atoms with Crippen molar-refractivity contribution in [1.29, 1.82) is 0 Å². The molecule has 324 valence electrons. The van der Waals surface area contributed by atoms with Gasteiger partial charge in [0.25, 0.3) is 11.6 Å². The first-order valence-electron chi connectivity index (χ1n) is 20.8. The molecule has 0 bridgehead atoms. The van der Waals surface area contributed by atoms with Crippen molar-refractivity contribution in [3.8, 4) is 34.2 Å². The van der Waals surface area contributed by atoms with E-state index in [-0.39, 0.29) is 16.5 Å². The van der Waals surface area contributed by atoms with Gasteiger partial charge in [0.1, 0.15) is 5.69 Å². The number of amides is 1. The summed E-state index contributed by atoms with van der Waals surface area (Å²) in [5.74, 6) is 7.13. The van der Waals surface area contributed by atoms with Crippen LogP contribution in [0.2, 0.25) is 5.02 Å². The predicted molar refractivity (Wildman–Crippen MR) is 258 cm³/mol. The fourth-order valence-corrected chi connectivity index (χ4v) is 9.25. The second-order valence-electron chi connectivity index (χ2n) is 15.3. The average molecular weight is 901 g/mol. The van der Waals surface area contributed by atoms with Crippen molar-refractivity contribution in [1.82, 2.24) is 19.7 Å². The van der Waals surface area contributed by atoms with Crippen LogP contribution in [0.15, 0.2) is 131 Å². The minimum absolute atomic E-state index is 0.112. The number of carbonyl (C=O) groups is 1. The Bertz CT molecular complexity index is 2640. The number of carbonyl (C=O) groups excluding carboxylic acids is 1. The Balaban J connectivity index is 1.04. The molecule has 1 aliphatic heterocycles. The number of nitrogens with zero attached hydrogens (tertiary/aromatic N) is 4. The van der Waals surface area contributed by atoms with Crippen LogP contribution in [-0.2, 0) is 18.0 Å². The number of piperazine rings is 1. The SMILES string of the molecule is Cc1c(C(=O)NCCCN2CCN(C)CC2)c(-c2cccc(C#Cc3ccc(NS(=O)c4ccc(NCCSc5ccccc5)c([N+](=O)[O-])c4)cc3)c2)c(-c2ccc(Cl)cc2)n1C. The standard InChI is InChI=1S/C49H50ClN7O4S2/c1-35-46(49(58)52-25-8-27-56-30-28-54(2)29-31-56)47(48(55(35)3)38-17-19-40(50)20-18-38)39-10-7-9-37(33-39)14-13-36-15-21-41(22-16-36)53-63(61)43-23-24-44(45(34-43)57(59)60)51-26-32-62-42-11-5-4-6-12-42/h4-7,9-12,15-24,33-34,51,53H,8,25-32H2,1-3H3,(H,52,58). The van der Waals surface area contributed by atoms with Crippen molar-refractivity contribution in [3.05, 3.63) is 159 Å².